The Morgan fingerprint density at radius 3 is 2.40 bits per heavy atom. The van der Waals surface area contributed by atoms with Crippen molar-refractivity contribution in [2.24, 2.45) is 5.16 Å². The van der Waals surface area contributed by atoms with Gasteiger partial charge in [-0.3, -0.25) is 0 Å². The summed E-state index contributed by atoms with van der Waals surface area (Å²) in [4.78, 5) is 0. The summed E-state index contributed by atoms with van der Waals surface area (Å²) < 4.78 is 0.170. The minimum absolute atomic E-state index is 0.170. The average molecular weight is 244 g/mol. The Morgan fingerprint density at radius 1 is 1.33 bits per heavy atom. The van der Waals surface area contributed by atoms with E-state index in [9.17, 15) is 0 Å². The number of halogens is 2. The van der Waals surface area contributed by atoms with Crippen molar-refractivity contribution in [2.45, 2.75) is 13.3 Å². The van der Waals surface area contributed by atoms with Crippen molar-refractivity contribution in [3.63, 3.8) is 0 Å². The average Bonchev–Trinajstić information content (AvgIpc) is 2.21. The standard InChI is InChI=1S/C11H11Cl2NO/c1-8-2-4-9(5-3-8)10(14-15)6-7-11(12)13/h2-5,7,15H,6H2,1H3. The molecule has 0 fully saturated rings. The number of nitrogens with zero attached hydrogens (tertiary/aromatic N) is 1. The van der Waals surface area contributed by atoms with Crippen LogP contribution in [0.15, 0.2) is 40.0 Å². The molecule has 1 aromatic carbocycles. The highest BCUT2D eigenvalue weighted by molar-refractivity contribution is 6.55. The molecule has 0 aliphatic rings. The zero-order valence-electron chi connectivity index (χ0n) is 8.24. The lowest BCUT2D eigenvalue weighted by Crippen LogP contribution is -1.99. The fraction of sp³-hybridized carbons (Fsp3) is 0.182. The van der Waals surface area contributed by atoms with Crippen LogP contribution in [0.5, 0.6) is 0 Å². The lowest BCUT2D eigenvalue weighted by molar-refractivity contribution is 0.318. The van der Waals surface area contributed by atoms with Gasteiger partial charge < -0.3 is 5.21 Å². The zero-order chi connectivity index (χ0) is 11.3. The van der Waals surface area contributed by atoms with Gasteiger partial charge in [0.05, 0.1) is 5.71 Å². The summed E-state index contributed by atoms with van der Waals surface area (Å²) in [5, 5.41) is 12.0. The quantitative estimate of drug-likeness (QED) is 0.488. The van der Waals surface area contributed by atoms with Crippen LogP contribution in [0.25, 0.3) is 0 Å². The third kappa shape index (κ3) is 3.94. The zero-order valence-corrected chi connectivity index (χ0v) is 9.76. The number of rotatable bonds is 3. The van der Waals surface area contributed by atoms with Gasteiger partial charge in [-0.2, -0.15) is 0 Å². The summed E-state index contributed by atoms with van der Waals surface area (Å²) in [7, 11) is 0. The molecule has 0 radical (unpaired) electrons. The summed E-state index contributed by atoms with van der Waals surface area (Å²) in [6, 6.07) is 7.68. The molecule has 0 saturated carbocycles. The molecule has 1 aromatic rings. The van der Waals surface area contributed by atoms with E-state index in [0.717, 1.165) is 11.1 Å². The largest absolute Gasteiger partial charge is 0.411 e. The molecule has 15 heavy (non-hydrogen) atoms. The molecular weight excluding hydrogens is 233 g/mol. The molecular formula is C11H11Cl2NO. The Morgan fingerprint density at radius 2 is 1.93 bits per heavy atom. The van der Waals surface area contributed by atoms with Gasteiger partial charge in [-0.25, -0.2) is 0 Å². The summed E-state index contributed by atoms with van der Waals surface area (Å²) in [5.74, 6) is 0. The first-order chi connectivity index (χ1) is 7.13. The highest BCUT2D eigenvalue weighted by Crippen LogP contribution is 2.12. The second kappa shape index (κ2) is 5.79. The molecule has 2 nitrogen and oxygen atoms in total. The molecule has 1 N–H and O–H groups in total. The highest BCUT2D eigenvalue weighted by atomic mass is 35.5. The molecule has 0 saturated heterocycles. The Labute approximate surface area is 98.8 Å². The van der Waals surface area contributed by atoms with Crippen LogP contribution in [0.2, 0.25) is 0 Å². The van der Waals surface area contributed by atoms with E-state index in [1.807, 2.05) is 31.2 Å². The number of aryl methyl sites for hydroxylation is 1. The third-order valence-electron chi connectivity index (χ3n) is 1.96. The highest BCUT2D eigenvalue weighted by Gasteiger charge is 2.02. The van der Waals surface area contributed by atoms with E-state index in [1.165, 1.54) is 0 Å². The van der Waals surface area contributed by atoms with Crippen molar-refractivity contribution >= 4 is 28.9 Å². The van der Waals surface area contributed by atoms with E-state index >= 15 is 0 Å². The number of allylic oxidation sites excluding steroid dienone is 1. The van der Waals surface area contributed by atoms with E-state index in [2.05, 4.69) is 5.16 Å². The van der Waals surface area contributed by atoms with Gasteiger partial charge >= 0.3 is 0 Å². The summed E-state index contributed by atoms with van der Waals surface area (Å²) >= 11 is 11.0. The molecule has 1 rings (SSSR count). The molecule has 0 unspecified atom stereocenters. The Balaban J connectivity index is 2.85. The number of hydrogen-bond donors (Lipinski definition) is 1. The maximum atomic E-state index is 8.83. The fourth-order valence-electron chi connectivity index (χ4n) is 1.14. The van der Waals surface area contributed by atoms with Gasteiger partial charge in [-0.15, -0.1) is 0 Å². The molecule has 0 bridgehead atoms. The first kappa shape index (κ1) is 12.1. The first-order valence-electron chi connectivity index (χ1n) is 4.42. The maximum absolute atomic E-state index is 8.83. The van der Waals surface area contributed by atoms with E-state index in [-0.39, 0.29) is 4.49 Å². The molecule has 0 spiro atoms. The van der Waals surface area contributed by atoms with Crippen molar-refractivity contribution in [3.8, 4) is 0 Å². The monoisotopic (exact) mass is 243 g/mol. The molecule has 0 aliphatic carbocycles. The van der Waals surface area contributed by atoms with Crippen LogP contribution in [0.1, 0.15) is 17.5 Å². The van der Waals surface area contributed by atoms with Gasteiger partial charge in [0.15, 0.2) is 0 Å². The van der Waals surface area contributed by atoms with Crippen molar-refractivity contribution < 1.29 is 5.21 Å². The van der Waals surface area contributed by atoms with Crippen molar-refractivity contribution in [3.05, 3.63) is 46.0 Å². The fourth-order valence-corrected chi connectivity index (χ4v) is 1.29. The summed E-state index contributed by atoms with van der Waals surface area (Å²) in [6.07, 6.45) is 1.99. The number of oxime groups is 1. The van der Waals surface area contributed by atoms with Crippen LogP contribution in [0.3, 0.4) is 0 Å². The molecule has 0 aliphatic heterocycles. The minimum atomic E-state index is 0.170. The van der Waals surface area contributed by atoms with E-state index in [0.29, 0.717) is 12.1 Å². The van der Waals surface area contributed by atoms with Gasteiger partial charge in [-0.05, 0) is 18.6 Å². The number of benzene rings is 1. The Kier molecular flexibility index (Phi) is 4.66. The lowest BCUT2D eigenvalue weighted by Gasteiger charge is -2.01. The molecule has 4 heteroatoms. The van der Waals surface area contributed by atoms with Crippen molar-refractivity contribution in [2.75, 3.05) is 0 Å². The van der Waals surface area contributed by atoms with Crippen molar-refractivity contribution in [1.29, 1.82) is 0 Å². The maximum Gasteiger partial charge on any atom is 0.103 e. The molecule has 0 heterocycles. The predicted octanol–water partition coefficient (Wildman–Crippen LogP) is 3.88. The van der Waals surface area contributed by atoms with Crippen LogP contribution in [-0.4, -0.2) is 10.9 Å². The Hall–Kier alpha value is -0.990. The van der Waals surface area contributed by atoms with Gasteiger partial charge in [0.1, 0.15) is 4.49 Å². The van der Waals surface area contributed by atoms with Crippen LogP contribution >= 0.6 is 23.2 Å². The first-order valence-corrected chi connectivity index (χ1v) is 5.18. The second-order valence-corrected chi connectivity index (χ2v) is 4.12. The van der Waals surface area contributed by atoms with E-state index in [1.54, 1.807) is 6.08 Å². The van der Waals surface area contributed by atoms with E-state index in [4.69, 9.17) is 28.4 Å². The smallest absolute Gasteiger partial charge is 0.103 e. The van der Waals surface area contributed by atoms with E-state index < -0.39 is 0 Å². The Bertz CT molecular complexity index is 378. The van der Waals surface area contributed by atoms with Gasteiger partial charge in [0, 0.05) is 6.42 Å². The van der Waals surface area contributed by atoms with Crippen LogP contribution in [0.4, 0.5) is 0 Å². The molecule has 0 aromatic heterocycles. The molecule has 0 amide bonds. The van der Waals surface area contributed by atoms with Gasteiger partial charge in [-0.1, -0.05) is 58.2 Å². The van der Waals surface area contributed by atoms with Gasteiger partial charge in [0.25, 0.3) is 0 Å². The van der Waals surface area contributed by atoms with Crippen molar-refractivity contribution in [1.82, 2.24) is 0 Å². The van der Waals surface area contributed by atoms with Crippen LogP contribution in [-0.2, 0) is 0 Å². The lowest BCUT2D eigenvalue weighted by atomic mass is 10.1. The molecule has 80 valence electrons. The minimum Gasteiger partial charge on any atom is -0.411 e. The predicted molar refractivity (Wildman–Crippen MR) is 63.9 cm³/mol. The van der Waals surface area contributed by atoms with Crippen LogP contribution in [0, 0.1) is 6.92 Å². The summed E-state index contributed by atoms with van der Waals surface area (Å²) in [5.41, 5.74) is 2.55. The van der Waals surface area contributed by atoms with Gasteiger partial charge in [0.2, 0.25) is 0 Å². The van der Waals surface area contributed by atoms with Crippen LogP contribution < -0.4 is 0 Å². The third-order valence-corrected chi connectivity index (χ3v) is 2.26. The molecule has 0 atom stereocenters. The topological polar surface area (TPSA) is 32.6 Å². The summed E-state index contributed by atoms with van der Waals surface area (Å²) in [6.45, 7) is 2.00. The second-order valence-electron chi connectivity index (χ2n) is 3.11. The normalized spacial score (nSPS) is 11.3. The SMILES string of the molecule is Cc1ccc(C(CC=C(Cl)Cl)=NO)cc1. The number of hydrogen-bond acceptors (Lipinski definition) is 2.